The van der Waals surface area contributed by atoms with Crippen molar-refractivity contribution in [2.24, 2.45) is 0 Å². The molecule has 1 amide bonds. The molecule has 0 heterocycles. The Hall–Kier alpha value is -2.58. The summed E-state index contributed by atoms with van der Waals surface area (Å²) in [6, 6.07) is 27.2. The molecular weight excluding hydrogens is 330 g/mol. The van der Waals surface area contributed by atoms with Crippen LogP contribution in [0, 0.1) is 0 Å². The van der Waals surface area contributed by atoms with Crippen LogP contribution in [0.15, 0.2) is 84.9 Å². The fourth-order valence-electron chi connectivity index (χ4n) is 2.79. The Morgan fingerprint density at radius 3 is 2.04 bits per heavy atom. The van der Waals surface area contributed by atoms with Crippen molar-refractivity contribution in [2.75, 3.05) is 11.4 Å². The van der Waals surface area contributed by atoms with Gasteiger partial charge in [0.2, 0.25) is 0 Å². The molecule has 2 nitrogen and oxygen atoms in total. The normalized spacial score (nSPS) is 10.4. The van der Waals surface area contributed by atoms with Gasteiger partial charge in [0.15, 0.2) is 0 Å². The minimum absolute atomic E-state index is 0.00377. The van der Waals surface area contributed by atoms with Crippen molar-refractivity contribution in [3.63, 3.8) is 0 Å². The number of aryl methyl sites for hydroxylation is 1. The van der Waals surface area contributed by atoms with Crippen LogP contribution in [0.3, 0.4) is 0 Å². The summed E-state index contributed by atoms with van der Waals surface area (Å²) in [6.07, 6.45) is 1.84. The molecule has 0 radical (unpaired) electrons. The molecule has 0 saturated carbocycles. The minimum Gasteiger partial charge on any atom is -0.308 e. The van der Waals surface area contributed by atoms with E-state index in [1.165, 1.54) is 5.56 Å². The fraction of sp³-hybridized carbons (Fsp3) is 0.136. The molecule has 0 aromatic heterocycles. The largest absolute Gasteiger partial charge is 0.308 e. The summed E-state index contributed by atoms with van der Waals surface area (Å²) in [5.74, 6) is -0.00377. The lowest BCUT2D eigenvalue weighted by molar-refractivity contribution is 0.0986. The van der Waals surface area contributed by atoms with Gasteiger partial charge in [-0.25, -0.2) is 0 Å². The second-order valence-corrected chi connectivity index (χ2v) is 6.32. The average molecular weight is 350 g/mol. The van der Waals surface area contributed by atoms with Gasteiger partial charge in [0.05, 0.1) is 0 Å². The Bertz CT molecular complexity index is 800. The molecule has 126 valence electrons. The molecule has 0 unspecified atom stereocenters. The molecule has 0 spiro atoms. The monoisotopic (exact) mass is 349 g/mol. The Morgan fingerprint density at radius 1 is 0.800 bits per heavy atom. The maximum absolute atomic E-state index is 13.0. The summed E-state index contributed by atoms with van der Waals surface area (Å²) in [4.78, 5) is 14.8. The SMILES string of the molecule is O=C(c1ccc(Cl)cc1)N(CCCc1ccccc1)c1ccccc1. The molecule has 0 aliphatic heterocycles. The molecule has 3 aromatic carbocycles. The number of benzene rings is 3. The van der Waals surface area contributed by atoms with Crippen molar-refractivity contribution in [1.82, 2.24) is 0 Å². The van der Waals surface area contributed by atoms with Gasteiger partial charge >= 0.3 is 0 Å². The summed E-state index contributed by atoms with van der Waals surface area (Å²) >= 11 is 5.94. The van der Waals surface area contributed by atoms with E-state index in [4.69, 9.17) is 11.6 Å². The highest BCUT2D eigenvalue weighted by molar-refractivity contribution is 6.30. The van der Waals surface area contributed by atoms with E-state index < -0.39 is 0 Å². The van der Waals surface area contributed by atoms with E-state index in [1.54, 1.807) is 24.3 Å². The van der Waals surface area contributed by atoms with Crippen LogP contribution in [0.4, 0.5) is 5.69 Å². The van der Waals surface area contributed by atoms with Crippen molar-refractivity contribution < 1.29 is 4.79 Å². The number of hydrogen-bond donors (Lipinski definition) is 0. The fourth-order valence-corrected chi connectivity index (χ4v) is 2.92. The molecule has 0 atom stereocenters. The maximum Gasteiger partial charge on any atom is 0.258 e. The highest BCUT2D eigenvalue weighted by atomic mass is 35.5. The smallest absolute Gasteiger partial charge is 0.258 e. The molecule has 0 bridgehead atoms. The highest BCUT2D eigenvalue weighted by Gasteiger charge is 2.17. The van der Waals surface area contributed by atoms with Crippen LogP contribution >= 0.6 is 11.6 Å². The van der Waals surface area contributed by atoms with E-state index in [0.717, 1.165) is 18.5 Å². The zero-order valence-electron chi connectivity index (χ0n) is 13.9. The molecular formula is C22H20ClNO. The molecule has 0 saturated heterocycles. The Kier molecular flexibility index (Phi) is 5.86. The predicted molar refractivity (Wildman–Crippen MR) is 104 cm³/mol. The third-order valence-electron chi connectivity index (χ3n) is 4.09. The van der Waals surface area contributed by atoms with Gasteiger partial charge in [-0.05, 0) is 54.8 Å². The Morgan fingerprint density at radius 2 is 1.40 bits per heavy atom. The molecule has 25 heavy (non-hydrogen) atoms. The lowest BCUT2D eigenvalue weighted by Crippen LogP contribution is -2.32. The number of hydrogen-bond acceptors (Lipinski definition) is 1. The number of rotatable bonds is 6. The lowest BCUT2D eigenvalue weighted by Gasteiger charge is -2.23. The van der Waals surface area contributed by atoms with Crippen LogP contribution in [0.25, 0.3) is 0 Å². The molecule has 3 heteroatoms. The Labute approximate surface area is 153 Å². The minimum atomic E-state index is -0.00377. The first-order chi connectivity index (χ1) is 12.2. The van der Waals surface area contributed by atoms with Gasteiger partial charge in [-0.3, -0.25) is 4.79 Å². The lowest BCUT2D eigenvalue weighted by atomic mass is 10.1. The van der Waals surface area contributed by atoms with E-state index in [1.807, 2.05) is 53.4 Å². The van der Waals surface area contributed by atoms with Crippen molar-refractivity contribution >= 4 is 23.2 Å². The predicted octanol–water partition coefficient (Wildman–Crippen LogP) is 5.62. The summed E-state index contributed by atoms with van der Waals surface area (Å²) in [6.45, 7) is 0.667. The zero-order chi connectivity index (χ0) is 17.5. The van der Waals surface area contributed by atoms with Gasteiger partial charge in [-0.1, -0.05) is 60.1 Å². The third-order valence-corrected chi connectivity index (χ3v) is 4.35. The summed E-state index contributed by atoms with van der Waals surface area (Å²) in [5.41, 5.74) is 2.85. The number of halogens is 1. The van der Waals surface area contributed by atoms with Crippen LogP contribution in [0.1, 0.15) is 22.3 Å². The van der Waals surface area contributed by atoms with Gasteiger partial charge in [-0.15, -0.1) is 0 Å². The van der Waals surface area contributed by atoms with Gasteiger partial charge in [0, 0.05) is 22.8 Å². The number of para-hydroxylation sites is 1. The average Bonchev–Trinajstić information content (AvgIpc) is 2.67. The van der Waals surface area contributed by atoms with Crippen LogP contribution in [-0.4, -0.2) is 12.5 Å². The van der Waals surface area contributed by atoms with Crippen molar-refractivity contribution in [2.45, 2.75) is 12.8 Å². The summed E-state index contributed by atoms with van der Waals surface area (Å²) < 4.78 is 0. The third kappa shape index (κ3) is 4.71. The quantitative estimate of drug-likeness (QED) is 0.565. The molecule has 0 aliphatic carbocycles. The van der Waals surface area contributed by atoms with E-state index in [0.29, 0.717) is 17.1 Å². The highest BCUT2D eigenvalue weighted by Crippen LogP contribution is 2.19. The van der Waals surface area contributed by atoms with E-state index >= 15 is 0 Å². The first kappa shape index (κ1) is 17.2. The second-order valence-electron chi connectivity index (χ2n) is 5.89. The van der Waals surface area contributed by atoms with Crippen LogP contribution in [-0.2, 0) is 6.42 Å². The number of carbonyl (C=O) groups excluding carboxylic acids is 1. The molecule has 0 N–H and O–H groups in total. The van der Waals surface area contributed by atoms with Crippen LogP contribution in [0.5, 0.6) is 0 Å². The van der Waals surface area contributed by atoms with Crippen molar-refractivity contribution in [1.29, 1.82) is 0 Å². The zero-order valence-corrected chi connectivity index (χ0v) is 14.7. The molecule has 0 aliphatic rings. The standard InChI is InChI=1S/C22H20ClNO/c23-20-15-13-19(14-16-20)22(25)24(21-11-5-2-6-12-21)17-7-10-18-8-3-1-4-9-18/h1-6,8-9,11-16H,7,10,17H2. The maximum atomic E-state index is 13.0. The van der Waals surface area contributed by atoms with E-state index in [9.17, 15) is 4.79 Å². The van der Waals surface area contributed by atoms with Crippen molar-refractivity contribution in [3.8, 4) is 0 Å². The summed E-state index contributed by atoms with van der Waals surface area (Å²) in [7, 11) is 0. The van der Waals surface area contributed by atoms with Gasteiger partial charge < -0.3 is 4.90 Å². The van der Waals surface area contributed by atoms with E-state index in [-0.39, 0.29) is 5.91 Å². The Balaban J connectivity index is 1.75. The second kappa shape index (κ2) is 8.50. The number of nitrogens with zero attached hydrogens (tertiary/aromatic N) is 1. The molecule has 0 fully saturated rings. The number of carbonyl (C=O) groups is 1. The first-order valence-electron chi connectivity index (χ1n) is 8.40. The van der Waals surface area contributed by atoms with Crippen molar-refractivity contribution in [3.05, 3.63) is 101 Å². The van der Waals surface area contributed by atoms with Gasteiger partial charge in [0.25, 0.3) is 5.91 Å². The topological polar surface area (TPSA) is 20.3 Å². The number of anilines is 1. The van der Waals surface area contributed by atoms with Crippen LogP contribution in [0.2, 0.25) is 5.02 Å². The van der Waals surface area contributed by atoms with Crippen LogP contribution < -0.4 is 4.90 Å². The molecule has 3 rings (SSSR count). The van der Waals surface area contributed by atoms with Gasteiger partial charge in [0.1, 0.15) is 0 Å². The molecule has 3 aromatic rings. The van der Waals surface area contributed by atoms with Gasteiger partial charge in [-0.2, -0.15) is 0 Å². The first-order valence-corrected chi connectivity index (χ1v) is 8.78. The number of amides is 1. The van der Waals surface area contributed by atoms with E-state index in [2.05, 4.69) is 12.1 Å². The summed E-state index contributed by atoms with van der Waals surface area (Å²) in [5, 5.41) is 0.631.